The van der Waals surface area contributed by atoms with Crippen molar-refractivity contribution in [3.05, 3.63) is 46.8 Å². The van der Waals surface area contributed by atoms with Gasteiger partial charge in [-0.1, -0.05) is 18.2 Å². The Hall–Kier alpha value is -2.67. The molecule has 2 atom stereocenters. The average Bonchev–Trinajstić information content (AvgIpc) is 2.91. The van der Waals surface area contributed by atoms with Crippen LogP contribution in [0.2, 0.25) is 0 Å². The SMILES string of the molecule is CCn1nc2c(c1C(=O)N1CC(=O)Nc3ccccc3C1)C[C@H](C)O[C@@H]2C. The Morgan fingerprint density at radius 2 is 2.07 bits per heavy atom. The maximum absolute atomic E-state index is 13.5. The van der Waals surface area contributed by atoms with E-state index in [1.54, 1.807) is 9.58 Å². The highest BCUT2D eigenvalue weighted by Crippen LogP contribution is 2.32. The molecule has 27 heavy (non-hydrogen) atoms. The number of hydrogen-bond donors (Lipinski definition) is 1. The van der Waals surface area contributed by atoms with Crippen molar-refractivity contribution in [2.45, 2.75) is 52.5 Å². The molecule has 3 heterocycles. The maximum Gasteiger partial charge on any atom is 0.273 e. The van der Waals surface area contributed by atoms with Crippen molar-refractivity contribution in [3.8, 4) is 0 Å². The lowest BCUT2D eigenvalue weighted by Crippen LogP contribution is -2.37. The summed E-state index contributed by atoms with van der Waals surface area (Å²) in [5.41, 5.74) is 4.06. The molecule has 0 bridgehead atoms. The zero-order chi connectivity index (χ0) is 19.1. The second kappa shape index (κ2) is 6.81. The molecule has 142 valence electrons. The third kappa shape index (κ3) is 3.12. The number of fused-ring (bicyclic) bond motifs is 2. The molecular weight excluding hydrogens is 344 g/mol. The number of carbonyl (C=O) groups excluding carboxylic acids is 2. The van der Waals surface area contributed by atoms with Crippen molar-refractivity contribution in [2.24, 2.45) is 0 Å². The van der Waals surface area contributed by atoms with Crippen molar-refractivity contribution in [1.82, 2.24) is 14.7 Å². The third-order valence-corrected chi connectivity index (χ3v) is 5.17. The molecule has 0 fully saturated rings. The summed E-state index contributed by atoms with van der Waals surface area (Å²) in [6.07, 6.45) is 0.537. The summed E-state index contributed by atoms with van der Waals surface area (Å²) in [6.45, 7) is 6.94. The first-order chi connectivity index (χ1) is 13.0. The lowest BCUT2D eigenvalue weighted by atomic mass is 9.99. The van der Waals surface area contributed by atoms with Crippen LogP contribution in [0.4, 0.5) is 5.69 Å². The zero-order valence-electron chi connectivity index (χ0n) is 15.9. The minimum atomic E-state index is -0.185. The molecule has 1 aromatic heterocycles. The average molecular weight is 368 g/mol. The lowest BCUT2D eigenvalue weighted by Gasteiger charge is -2.26. The van der Waals surface area contributed by atoms with Crippen LogP contribution in [0.1, 0.15) is 54.2 Å². The molecule has 0 unspecified atom stereocenters. The van der Waals surface area contributed by atoms with E-state index < -0.39 is 0 Å². The third-order valence-electron chi connectivity index (χ3n) is 5.17. The van der Waals surface area contributed by atoms with Crippen molar-refractivity contribution >= 4 is 17.5 Å². The van der Waals surface area contributed by atoms with E-state index in [1.165, 1.54) is 0 Å². The van der Waals surface area contributed by atoms with Gasteiger partial charge < -0.3 is 15.0 Å². The Balaban J connectivity index is 1.74. The smallest absolute Gasteiger partial charge is 0.273 e. The summed E-state index contributed by atoms with van der Waals surface area (Å²) in [7, 11) is 0. The van der Waals surface area contributed by atoms with E-state index in [1.807, 2.05) is 45.0 Å². The van der Waals surface area contributed by atoms with Gasteiger partial charge >= 0.3 is 0 Å². The van der Waals surface area contributed by atoms with Gasteiger partial charge in [-0.3, -0.25) is 14.3 Å². The molecule has 0 aliphatic carbocycles. The van der Waals surface area contributed by atoms with Gasteiger partial charge in [0.15, 0.2) is 0 Å². The predicted octanol–water partition coefficient (Wildman–Crippen LogP) is 2.52. The lowest BCUT2D eigenvalue weighted by molar-refractivity contribution is -0.116. The van der Waals surface area contributed by atoms with Crippen LogP contribution in [0.3, 0.4) is 0 Å². The van der Waals surface area contributed by atoms with Crippen molar-refractivity contribution < 1.29 is 14.3 Å². The topological polar surface area (TPSA) is 76.5 Å². The number of amides is 2. The summed E-state index contributed by atoms with van der Waals surface area (Å²) in [6, 6.07) is 7.59. The van der Waals surface area contributed by atoms with Crippen LogP contribution in [0.5, 0.6) is 0 Å². The van der Waals surface area contributed by atoms with Gasteiger partial charge in [0.2, 0.25) is 5.91 Å². The number of nitrogens with zero attached hydrogens (tertiary/aromatic N) is 3. The Bertz CT molecular complexity index is 905. The molecule has 0 spiro atoms. The van der Waals surface area contributed by atoms with Crippen LogP contribution in [0, 0.1) is 0 Å². The number of rotatable bonds is 2. The van der Waals surface area contributed by atoms with E-state index in [0.717, 1.165) is 22.5 Å². The summed E-state index contributed by atoms with van der Waals surface area (Å²) in [4.78, 5) is 27.4. The Morgan fingerprint density at radius 3 is 2.85 bits per heavy atom. The Labute approximate surface area is 158 Å². The molecule has 2 aliphatic heterocycles. The number of nitrogens with one attached hydrogen (secondary N) is 1. The first kappa shape index (κ1) is 17.7. The molecule has 0 saturated heterocycles. The standard InChI is InChI=1S/C20H24N4O3/c1-4-24-19(15-9-12(2)27-13(3)18(15)22-24)20(26)23-10-14-7-5-6-8-16(14)21-17(25)11-23/h5-8,12-13H,4,9-11H2,1-3H3,(H,21,25)/t12-,13+/m0/s1. The number of hydrogen-bond acceptors (Lipinski definition) is 4. The zero-order valence-corrected chi connectivity index (χ0v) is 15.9. The van der Waals surface area contributed by atoms with E-state index >= 15 is 0 Å². The monoisotopic (exact) mass is 368 g/mol. The van der Waals surface area contributed by atoms with E-state index in [9.17, 15) is 9.59 Å². The number of benzene rings is 1. The molecule has 7 nitrogen and oxygen atoms in total. The fourth-order valence-corrected chi connectivity index (χ4v) is 3.96. The number of anilines is 1. The minimum absolute atomic E-state index is 0.0266. The van der Waals surface area contributed by atoms with Crippen LogP contribution in [-0.2, 0) is 29.0 Å². The molecule has 4 rings (SSSR count). The molecule has 2 amide bonds. The van der Waals surface area contributed by atoms with Gasteiger partial charge in [0.05, 0.1) is 17.9 Å². The quantitative estimate of drug-likeness (QED) is 0.884. The van der Waals surface area contributed by atoms with Crippen molar-refractivity contribution in [2.75, 3.05) is 11.9 Å². The molecular formula is C20H24N4O3. The number of carbonyl (C=O) groups is 2. The van der Waals surface area contributed by atoms with Gasteiger partial charge in [-0.2, -0.15) is 5.10 Å². The number of aryl methyl sites for hydroxylation is 1. The van der Waals surface area contributed by atoms with Gasteiger partial charge in [-0.05, 0) is 32.4 Å². The van der Waals surface area contributed by atoms with Gasteiger partial charge in [-0.25, -0.2) is 0 Å². The first-order valence-corrected chi connectivity index (χ1v) is 9.40. The molecule has 7 heteroatoms. The molecule has 0 radical (unpaired) electrons. The minimum Gasteiger partial charge on any atom is -0.369 e. The summed E-state index contributed by atoms with van der Waals surface area (Å²) in [5, 5.41) is 7.51. The Kier molecular flexibility index (Phi) is 4.47. The van der Waals surface area contributed by atoms with Gasteiger partial charge in [0.1, 0.15) is 12.2 Å². The maximum atomic E-state index is 13.5. The summed E-state index contributed by atoms with van der Waals surface area (Å²) < 4.78 is 7.62. The second-order valence-electron chi connectivity index (χ2n) is 7.19. The highest BCUT2D eigenvalue weighted by molar-refractivity contribution is 6.00. The van der Waals surface area contributed by atoms with Crippen LogP contribution in [0.25, 0.3) is 0 Å². The van der Waals surface area contributed by atoms with Gasteiger partial charge in [0, 0.05) is 30.8 Å². The molecule has 1 N–H and O–H groups in total. The van der Waals surface area contributed by atoms with Crippen LogP contribution >= 0.6 is 0 Å². The van der Waals surface area contributed by atoms with Crippen LogP contribution < -0.4 is 5.32 Å². The predicted molar refractivity (Wildman–Crippen MR) is 100 cm³/mol. The second-order valence-corrected chi connectivity index (χ2v) is 7.19. The van der Waals surface area contributed by atoms with Gasteiger partial charge in [0.25, 0.3) is 5.91 Å². The highest BCUT2D eigenvalue weighted by atomic mass is 16.5. The first-order valence-electron chi connectivity index (χ1n) is 9.40. The van der Waals surface area contributed by atoms with Gasteiger partial charge in [-0.15, -0.1) is 0 Å². The Morgan fingerprint density at radius 1 is 1.30 bits per heavy atom. The fourth-order valence-electron chi connectivity index (χ4n) is 3.96. The van der Waals surface area contributed by atoms with Crippen molar-refractivity contribution in [1.29, 1.82) is 0 Å². The summed E-state index contributed by atoms with van der Waals surface area (Å²) in [5.74, 6) is -0.339. The van der Waals surface area contributed by atoms with Crippen LogP contribution in [-0.4, -0.2) is 39.1 Å². The van der Waals surface area contributed by atoms with Crippen molar-refractivity contribution in [3.63, 3.8) is 0 Å². The normalized spacial score (nSPS) is 21.9. The fraction of sp³-hybridized carbons (Fsp3) is 0.450. The molecule has 2 aromatic rings. The van der Waals surface area contributed by atoms with E-state index in [2.05, 4.69) is 10.4 Å². The summed E-state index contributed by atoms with van der Waals surface area (Å²) >= 11 is 0. The van der Waals surface area contributed by atoms with E-state index in [-0.39, 0.29) is 30.6 Å². The number of para-hydroxylation sites is 1. The number of ether oxygens (including phenoxy) is 1. The van der Waals surface area contributed by atoms with E-state index in [0.29, 0.717) is 25.2 Å². The number of aromatic nitrogens is 2. The van der Waals surface area contributed by atoms with Crippen LogP contribution in [0.15, 0.2) is 24.3 Å². The van der Waals surface area contributed by atoms with E-state index in [4.69, 9.17) is 4.74 Å². The highest BCUT2D eigenvalue weighted by Gasteiger charge is 2.34. The molecule has 2 aliphatic rings. The molecule has 1 aromatic carbocycles. The molecule has 0 saturated carbocycles. The largest absolute Gasteiger partial charge is 0.369 e.